The molecule has 0 heterocycles. The fraction of sp³-hybridized carbons (Fsp3) is 0.538. The van der Waals surface area contributed by atoms with Crippen molar-refractivity contribution in [1.29, 1.82) is 0 Å². The van der Waals surface area contributed by atoms with E-state index >= 15 is 0 Å². The molecular weight excluding hydrogens is 312 g/mol. The van der Waals surface area contributed by atoms with Crippen LogP contribution in [0.25, 0.3) is 5.57 Å². The van der Waals surface area contributed by atoms with Crippen LogP contribution in [0.5, 0.6) is 0 Å². The lowest BCUT2D eigenvalue weighted by molar-refractivity contribution is 0.316. The van der Waals surface area contributed by atoms with E-state index < -0.39 is 0 Å². The summed E-state index contributed by atoms with van der Waals surface area (Å²) in [7, 11) is 0. The van der Waals surface area contributed by atoms with Crippen molar-refractivity contribution in [3.63, 3.8) is 0 Å². The molecule has 1 aromatic carbocycles. The number of rotatable bonds is 8. The average Bonchev–Trinajstić information content (AvgIpc) is 3.32. The van der Waals surface area contributed by atoms with E-state index in [1.807, 2.05) is 0 Å². The first-order valence-electron chi connectivity index (χ1n) is 10.5. The van der Waals surface area contributed by atoms with Gasteiger partial charge in [0.05, 0.1) is 0 Å². The maximum atomic E-state index is 4.66. The Balaban J connectivity index is 1.89. The fourth-order valence-electron chi connectivity index (χ4n) is 4.66. The molecular formula is C26H36. The van der Waals surface area contributed by atoms with E-state index in [1.165, 1.54) is 60.0 Å². The van der Waals surface area contributed by atoms with Crippen molar-refractivity contribution < 1.29 is 0 Å². The SMILES string of the molecule is C=C(C(CC1CC1)C1C=C(c2cccc(C)c2)C=C1C)C(C)(C)CCC. The lowest BCUT2D eigenvalue weighted by atomic mass is 9.68. The van der Waals surface area contributed by atoms with Gasteiger partial charge in [0.25, 0.3) is 0 Å². The van der Waals surface area contributed by atoms with Gasteiger partial charge in [-0.15, -0.1) is 0 Å². The first-order valence-corrected chi connectivity index (χ1v) is 10.5. The molecule has 1 aromatic rings. The lowest BCUT2D eigenvalue weighted by Gasteiger charge is -2.36. The molecule has 0 spiro atoms. The molecule has 0 amide bonds. The first-order chi connectivity index (χ1) is 12.3. The van der Waals surface area contributed by atoms with Crippen LogP contribution in [-0.2, 0) is 0 Å². The molecule has 0 radical (unpaired) electrons. The van der Waals surface area contributed by atoms with Gasteiger partial charge in [-0.1, -0.05) is 99.7 Å². The summed E-state index contributed by atoms with van der Waals surface area (Å²) >= 11 is 0. The number of allylic oxidation sites excluding steroid dienone is 5. The molecule has 1 fully saturated rings. The van der Waals surface area contributed by atoms with Crippen molar-refractivity contribution in [3.8, 4) is 0 Å². The molecule has 2 unspecified atom stereocenters. The zero-order valence-corrected chi connectivity index (χ0v) is 17.4. The molecule has 0 nitrogen and oxygen atoms in total. The Morgan fingerprint density at radius 2 is 1.96 bits per heavy atom. The molecule has 1 saturated carbocycles. The Bertz CT molecular complexity index is 724. The van der Waals surface area contributed by atoms with Crippen molar-refractivity contribution in [2.45, 2.75) is 66.7 Å². The number of hydrogen-bond acceptors (Lipinski definition) is 0. The molecule has 2 aliphatic rings. The highest BCUT2D eigenvalue weighted by atomic mass is 14.4. The number of benzene rings is 1. The summed E-state index contributed by atoms with van der Waals surface area (Å²) in [6, 6.07) is 8.91. The van der Waals surface area contributed by atoms with Crippen LogP contribution in [0.1, 0.15) is 70.9 Å². The van der Waals surface area contributed by atoms with Crippen LogP contribution in [-0.4, -0.2) is 0 Å². The highest BCUT2D eigenvalue weighted by molar-refractivity contribution is 5.78. The lowest BCUT2D eigenvalue weighted by Crippen LogP contribution is -2.26. The summed E-state index contributed by atoms with van der Waals surface area (Å²) in [4.78, 5) is 0. The Morgan fingerprint density at radius 1 is 1.23 bits per heavy atom. The van der Waals surface area contributed by atoms with Crippen molar-refractivity contribution in [3.05, 3.63) is 65.3 Å². The molecule has 140 valence electrons. The normalized spacial score (nSPS) is 21.3. The van der Waals surface area contributed by atoms with Crippen molar-refractivity contribution in [2.75, 3.05) is 0 Å². The Hall–Kier alpha value is -1.56. The van der Waals surface area contributed by atoms with Gasteiger partial charge in [-0.2, -0.15) is 0 Å². The summed E-state index contributed by atoms with van der Waals surface area (Å²) in [5.41, 5.74) is 7.31. The zero-order chi connectivity index (χ0) is 18.9. The third-order valence-corrected chi connectivity index (χ3v) is 6.53. The van der Waals surface area contributed by atoms with E-state index in [1.54, 1.807) is 0 Å². The Labute approximate surface area is 161 Å². The van der Waals surface area contributed by atoms with Gasteiger partial charge >= 0.3 is 0 Å². The standard InChI is InChI=1S/C26H36/c1-7-13-26(5,6)20(4)25(16-21-11-12-21)24-17-23(15-19(24)3)22-10-8-9-18(2)14-22/h8-10,14-15,17,21,24-25H,4,7,11-13,16H2,1-3,5-6H3. The molecule has 26 heavy (non-hydrogen) atoms. The molecule has 0 N–H and O–H groups in total. The second-order valence-electron chi connectivity index (χ2n) is 9.35. The van der Waals surface area contributed by atoms with Crippen LogP contribution in [0.4, 0.5) is 0 Å². The summed E-state index contributed by atoms with van der Waals surface area (Å²) < 4.78 is 0. The molecule has 0 aliphatic heterocycles. The predicted octanol–water partition coefficient (Wildman–Crippen LogP) is 7.75. The largest absolute Gasteiger partial charge is 0.0990 e. The molecule has 2 aliphatic carbocycles. The zero-order valence-electron chi connectivity index (χ0n) is 17.4. The molecule has 3 rings (SSSR count). The molecule has 0 bridgehead atoms. The van der Waals surface area contributed by atoms with E-state index in [4.69, 9.17) is 0 Å². The monoisotopic (exact) mass is 348 g/mol. The van der Waals surface area contributed by atoms with Crippen LogP contribution in [0.3, 0.4) is 0 Å². The average molecular weight is 349 g/mol. The van der Waals surface area contributed by atoms with Crippen molar-refractivity contribution in [2.24, 2.45) is 23.2 Å². The maximum absolute atomic E-state index is 4.66. The van der Waals surface area contributed by atoms with Crippen molar-refractivity contribution in [1.82, 2.24) is 0 Å². The topological polar surface area (TPSA) is 0 Å². The number of hydrogen-bond donors (Lipinski definition) is 0. The van der Waals surface area contributed by atoms with Gasteiger partial charge in [0.1, 0.15) is 0 Å². The minimum Gasteiger partial charge on any atom is -0.0990 e. The van der Waals surface area contributed by atoms with Crippen LogP contribution in [0.15, 0.2) is 54.1 Å². The van der Waals surface area contributed by atoms with Gasteiger partial charge < -0.3 is 0 Å². The van der Waals surface area contributed by atoms with E-state index in [-0.39, 0.29) is 5.41 Å². The summed E-state index contributed by atoms with van der Waals surface area (Å²) in [6.07, 6.45) is 11.6. The van der Waals surface area contributed by atoms with Crippen molar-refractivity contribution >= 4 is 5.57 Å². The van der Waals surface area contributed by atoms with E-state index in [0.29, 0.717) is 11.8 Å². The summed E-state index contributed by atoms with van der Waals surface area (Å²) in [5, 5.41) is 0. The Morgan fingerprint density at radius 3 is 2.58 bits per heavy atom. The van der Waals surface area contributed by atoms with Gasteiger partial charge in [0.2, 0.25) is 0 Å². The molecule has 2 atom stereocenters. The van der Waals surface area contributed by atoms with Gasteiger partial charge in [0.15, 0.2) is 0 Å². The first kappa shape index (κ1) is 19.2. The van der Waals surface area contributed by atoms with Gasteiger partial charge in [0, 0.05) is 5.92 Å². The highest BCUT2D eigenvalue weighted by Gasteiger charge is 2.37. The molecule has 0 aromatic heterocycles. The summed E-state index contributed by atoms with van der Waals surface area (Å²) in [5.74, 6) is 2.04. The fourth-order valence-corrected chi connectivity index (χ4v) is 4.66. The van der Waals surface area contributed by atoms with Crippen LogP contribution < -0.4 is 0 Å². The second kappa shape index (κ2) is 7.59. The van der Waals surface area contributed by atoms with E-state index in [2.05, 4.69) is 77.6 Å². The third-order valence-electron chi connectivity index (χ3n) is 6.53. The van der Waals surface area contributed by atoms with Gasteiger partial charge in [-0.05, 0) is 55.1 Å². The summed E-state index contributed by atoms with van der Waals surface area (Å²) in [6.45, 7) is 16.3. The highest BCUT2D eigenvalue weighted by Crippen LogP contribution is 2.49. The molecule has 0 saturated heterocycles. The second-order valence-corrected chi connectivity index (χ2v) is 9.35. The third kappa shape index (κ3) is 4.22. The minimum atomic E-state index is 0.231. The van der Waals surface area contributed by atoms with E-state index in [0.717, 1.165) is 5.92 Å². The minimum absolute atomic E-state index is 0.231. The van der Waals surface area contributed by atoms with Crippen LogP contribution >= 0.6 is 0 Å². The van der Waals surface area contributed by atoms with Gasteiger partial charge in [-0.25, -0.2) is 0 Å². The maximum Gasteiger partial charge on any atom is 0.00522 e. The molecule has 0 heteroatoms. The number of aryl methyl sites for hydroxylation is 1. The smallest absolute Gasteiger partial charge is 0.00522 e. The van der Waals surface area contributed by atoms with E-state index in [9.17, 15) is 0 Å². The Kier molecular flexibility index (Phi) is 5.61. The predicted molar refractivity (Wildman–Crippen MR) is 115 cm³/mol. The van der Waals surface area contributed by atoms with Gasteiger partial charge in [-0.3, -0.25) is 0 Å². The van der Waals surface area contributed by atoms with Crippen LogP contribution in [0.2, 0.25) is 0 Å². The van der Waals surface area contributed by atoms with Crippen LogP contribution in [0, 0.1) is 30.1 Å². The quantitative estimate of drug-likeness (QED) is 0.421.